The molecule has 8 heteroatoms. The van der Waals surface area contributed by atoms with E-state index in [4.69, 9.17) is 9.26 Å². The van der Waals surface area contributed by atoms with Gasteiger partial charge in [0.2, 0.25) is 11.7 Å². The molecule has 2 saturated heterocycles. The SMILES string of the molecule is CN1CCOc2ccccc2CCCCCC2(CCN(C(=O)c3cc(C4CCNCC4)no3)CC2)C1=O. The molecule has 2 fully saturated rings. The van der Waals surface area contributed by atoms with Crippen LogP contribution < -0.4 is 10.1 Å². The summed E-state index contributed by atoms with van der Waals surface area (Å²) >= 11 is 0. The number of para-hydroxylation sites is 1. The fourth-order valence-corrected chi connectivity index (χ4v) is 6.17. The number of carbonyl (C=O) groups is 2. The molecule has 0 aliphatic carbocycles. The van der Waals surface area contributed by atoms with Crippen molar-refractivity contribution in [3.05, 3.63) is 47.3 Å². The average Bonchev–Trinajstić information content (AvgIpc) is 3.44. The minimum atomic E-state index is -0.423. The molecule has 5 rings (SSSR count). The third-order valence-corrected chi connectivity index (χ3v) is 8.56. The van der Waals surface area contributed by atoms with Gasteiger partial charge in [0.1, 0.15) is 12.4 Å². The average molecular weight is 509 g/mol. The van der Waals surface area contributed by atoms with Crippen LogP contribution >= 0.6 is 0 Å². The molecule has 1 aromatic carbocycles. The summed E-state index contributed by atoms with van der Waals surface area (Å²) in [7, 11) is 1.88. The van der Waals surface area contributed by atoms with Gasteiger partial charge in [0.25, 0.3) is 5.91 Å². The Morgan fingerprint density at radius 2 is 1.84 bits per heavy atom. The minimum absolute atomic E-state index is 0.112. The minimum Gasteiger partial charge on any atom is -0.491 e. The Labute approximate surface area is 219 Å². The Morgan fingerprint density at radius 1 is 1.05 bits per heavy atom. The van der Waals surface area contributed by atoms with Gasteiger partial charge in [0, 0.05) is 32.1 Å². The number of benzene rings is 1. The van der Waals surface area contributed by atoms with Crippen molar-refractivity contribution in [3.8, 4) is 5.75 Å². The number of fused-ring (bicyclic) bond motifs is 1. The van der Waals surface area contributed by atoms with Crippen molar-refractivity contribution in [2.45, 2.75) is 63.7 Å². The molecule has 0 saturated carbocycles. The van der Waals surface area contributed by atoms with Gasteiger partial charge in [-0.1, -0.05) is 36.2 Å². The Bertz CT molecular complexity index is 1070. The number of nitrogens with one attached hydrogen (secondary N) is 1. The zero-order valence-electron chi connectivity index (χ0n) is 22.0. The smallest absolute Gasteiger partial charge is 0.292 e. The van der Waals surface area contributed by atoms with Crippen LogP contribution in [0.2, 0.25) is 0 Å². The lowest BCUT2D eigenvalue weighted by molar-refractivity contribution is -0.144. The largest absolute Gasteiger partial charge is 0.491 e. The predicted molar refractivity (Wildman–Crippen MR) is 141 cm³/mol. The van der Waals surface area contributed by atoms with Gasteiger partial charge in [-0.05, 0) is 69.7 Å². The Balaban J connectivity index is 1.22. The topological polar surface area (TPSA) is 87.9 Å². The molecule has 1 aromatic heterocycles. The number of amides is 2. The van der Waals surface area contributed by atoms with Crippen LogP contribution in [0.3, 0.4) is 0 Å². The van der Waals surface area contributed by atoms with Crippen molar-refractivity contribution in [1.29, 1.82) is 0 Å². The van der Waals surface area contributed by atoms with Crippen LogP contribution in [0, 0.1) is 5.41 Å². The Hall–Kier alpha value is -2.87. The highest BCUT2D eigenvalue weighted by Gasteiger charge is 2.43. The van der Waals surface area contributed by atoms with Gasteiger partial charge in [-0.2, -0.15) is 0 Å². The number of piperidine rings is 2. The van der Waals surface area contributed by atoms with Gasteiger partial charge in [-0.3, -0.25) is 9.59 Å². The molecule has 0 radical (unpaired) electrons. The molecule has 0 atom stereocenters. The number of likely N-dealkylation sites (N-methyl/N-ethyl adjacent to an activating group) is 1. The Morgan fingerprint density at radius 3 is 2.65 bits per heavy atom. The van der Waals surface area contributed by atoms with Crippen molar-refractivity contribution in [2.75, 3.05) is 46.4 Å². The highest BCUT2D eigenvalue weighted by Crippen LogP contribution is 2.39. The summed E-state index contributed by atoms with van der Waals surface area (Å²) in [4.78, 5) is 30.6. The molecule has 3 aliphatic rings. The second-order valence-corrected chi connectivity index (χ2v) is 11.0. The summed E-state index contributed by atoms with van der Waals surface area (Å²) in [6.45, 7) is 4.08. The van der Waals surface area contributed by atoms with E-state index in [9.17, 15) is 9.59 Å². The molecular formula is C29H40N4O4. The van der Waals surface area contributed by atoms with Gasteiger partial charge >= 0.3 is 0 Å². The van der Waals surface area contributed by atoms with Crippen molar-refractivity contribution in [1.82, 2.24) is 20.3 Å². The lowest BCUT2D eigenvalue weighted by Gasteiger charge is -2.42. The number of aromatic nitrogens is 1. The van der Waals surface area contributed by atoms with Crippen LogP contribution in [-0.4, -0.2) is 73.1 Å². The van der Waals surface area contributed by atoms with Gasteiger partial charge in [0.15, 0.2) is 0 Å². The Kier molecular flexibility index (Phi) is 8.13. The third-order valence-electron chi connectivity index (χ3n) is 8.56. The zero-order valence-corrected chi connectivity index (χ0v) is 22.0. The van der Waals surface area contributed by atoms with Crippen LogP contribution in [-0.2, 0) is 11.2 Å². The van der Waals surface area contributed by atoms with E-state index in [-0.39, 0.29) is 11.8 Å². The van der Waals surface area contributed by atoms with E-state index in [1.54, 1.807) is 0 Å². The van der Waals surface area contributed by atoms with E-state index in [1.807, 2.05) is 35.0 Å². The number of nitrogens with zero attached hydrogens (tertiary/aromatic N) is 3. The number of carbonyl (C=O) groups excluding carboxylic acids is 2. The maximum absolute atomic E-state index is 13.7. The molecule has 8 nitrogen and oxygen atoms in total. The molecular weight excluding hydrogens is 468 g/mol. The van der Waals surface area contributed by atoms with E-state index in [0.717, 1.165) is 69.5 Å². The predicted octanol–water partition coefficient (Wildman–Crippen LogP) is 4.02. The molecule has 200 valence electrons. The monoisotopic (exact) mass is 508 g/mol. The fraction of sp³-hybridized carbons (Fsp3) is 0.621. The quantitative estimate of drug-likeness (QED) is 0.659. The van der Waals surface area contributed by atoms with E-state index < -0.39 is 5.41 Å². The number of hydrogen-bond acceptors (Lipinski definition) is 6. The molecule has 3 aliphatic heterocycles. The first kappa shape index (κ1) is 25.8. The van der Waals surface area contributed by atoms with Crippen LogP contribution in [0.25, 0.3) is 0 Å². The van der Waals surface area contributed by atoms with Crippen molar-refractivity contribution < 1.29 is 18.8 Å². The van der Waals surface area contributed by atoms with Crippen LogP contribution in [0.4, 0.5) is 0 Å². The molecule has 0 bridgehead atoms. The van der Waals surface area contributed by atoms with E-state index >= 15 is 0 Å². The normalized spacial score (nSPS) is 21.9. The van der Waals surface area contributed by atoms with Gasteiger partial charge in [-0.15, -0.1) is 0 Å². The van der Waals surface area contributed by atoms with Crippen LogP contribution in [0.1, 0.15) is 79.1 Å². The second-order valence-electron chi connectivity index (χ2n) is 11.0. The van der Waals surface area contributed by atoms with Crippen LogP contribution in [0.5, 0.6) is 5.75 Å². The van der Waals surface area contributed by atoms with E-state index in [2.05, 4.69) is 22.6 Å². The van der Waals surface area contributed by atoms with Gasteiger partial charge < -0.3 is 24.4 Å². The lowest BCUT2D eigenvalue weighted by atomic mass is 9.73. The summed E-state index contributed by atoms with van der Waals surface area (Å²) in [5.41, 5.74) is 1.71. The summed E-state index contributed by atoms with van der Waals surface area (Å²) in [5.74, 6) is 1.67. The third kappa shape index (κ3) is 5.84. The van der Waals surface area contributed by atoms with Crippen molar-refractivity contribution in [3.63, 3.8) is 0 Å². The van der Waals surface area contributed by atoms with E-state index in [1.165, 1.54) is 5.56 Å². The summed E-state index contributed by atoms with van der Waals surface area (Å²) in [5, 5.41) is 7.58. The number of ether oxygens (including phenoxy) is 1. The summed E-state index contributed by atoms with van der Waals surface area (Å²) < 4.78 is 11.6. The first-order chi connectivity index (χ1) is 18.1. The zero-order chi connectivity index (χ0) is 25.7. The first-order valence-corrected chi connectivity index (χ1v) is 14.0. The number of hydrogen-bond donors (Lipinski definition) is 1. The standard InChI is InChI=1S/C29H40N4O4/c1-32-19-20-36-25-9-5-4-8-23(25)7-3-2-6-12-29(28(32)35)13-17-33(18-14-29)27(34)26-21-24(31-37-26)22-10-15-30-16-11-22/h4-5,8-9,21-22,30H,2-3,6-7,10-20H2,1H3. The van der Waals surface area contributed by atoms with Gasteiger partial charge in [-0.25, -0.2) is 0 Å². The summed E-state index contributed by atoms with van der Waals surface area (Å²) in [6, 6.07) is 10.1. The molecule has 0 unspecified atom stereocenters. The highest BCUT2D eigenvalue weighted by atomic mass is 16.5. The number of aryl methyl sites for hydroxylation is 1. The maximum Gasteiger partial charge on any atom is 0.292 e. The molecule has 1 N–H and O–H groups in total. The number of rotatable bonds is 2. The van der Waals surface area contributed by atoms with Gasteiger partial charge in [0.05, 0.1) is 17.7 Å². The second kappa shape index (κ2) is 11.7. The first-order valence-electron chi connectivity index (χ1n) is 14.0. The molecule has 37 heavy (non-hydrogen) atoms. The molecule has 2 amide bonds. The summed E-state index contributed by atoms with van der Waals surface area (Å²) in [6.07, 6.45) is 8.41. The van der Waals surface area contributed by atoms with E-state index in [0.29, 0.717) is 50.8 Å². The molecule has 4 heterocycles. The number of likely N-dealkylation sites (tertiary alicyclic amines) is 1. The lowest BCUT2D eigenvalue weighted by Crippen LogP contribution is -2.51. The molecule has 1 spiro atoms. The van der Waals surface area contributed by atoms with Crippen molar-refractivity contribution >= 4 is 11.8 Å². The fourth-order valence-electron chi connectivity index (χ4n) is 6.17. The molecule has 2 aromatic rings. The van der Waals surface area contributed by atoms with Crippen molar-refractivity contribution in [2.24, 2.45) is 5.41 Å². The highest BCUT2D eigenvalue weighted by molar-refractivity contribution is 5.92. The maximum atomic E-state index is 13.7. The van der Waals surface area contributed by atoms with Crippen LogP contribution in [0.15, 0.2) is 34.9 Å².